The lowest BCUT2D eigenvalue weighted by Gasteiger charge is -2.35. The van der Waals surface area contributed by atoms with E-state index in [-0.39, 0.29) is 6.03 Å². The first kappa shape index (κ1) is 22.6. The van der Waals surface area contributed by atoms with Gasteiger partial charge in [-0.1, -0.05) is 77.8 Å². The van der Waals surface area contributed by atoms with Crippen LogP contribution in [0.15, 0.2) is 83.0 Å². The van der Waals surface area contributed by atoms with Crippen molar-refractivity contribution in [2.45, 2.75) is 40.2 Å². The van der Waals surface area contributed by atoms with E-state index in [0.717, 1.165) is 51.2 Å². The first-order valence-electron chi connectivity index (χ1n) is 11.8. The molecule has 1 atom stereocenters. The van der Waals surface area contributed by atoms with Crippen LogP contribution in [0.25, 0.3) is 17.0 Å². The Balaban J connectivity index is 1.66. The molecule has 0 saturated carbocycles. The van der Waals surface area contributed by atoms with E-state index in [1.54, 1.807) is 4.90 Å². The molecule has 0 spiro atoms. The normalized spacial score (nSPS) is 15.9. The molecular weight excluding hydrogens is 436 g/mol. The van der Waals surface area contributed by atoms with E-state index < -0.39 is 6.04 Å². The van der Waals surface area contributed by atoms with Crippen LogP contribution in [0.2, 0.25) is 0 Å². The van der Waals surface area contributed by atoms with Crippen LogP contribution in [0.1, 0.15) is 48.0 Å². The van der Waals surface area contributed by atoms with Crippen LogP contribution in [0.5, 0.6) is 0 Å². The molecule has 1 unspecified atom stereocenters. The van der Waals surface area contributed by atoms with Crippen molar-refractivity contribution in [2.75, 3.05) is 4.90 Å². The standard InChI is InChI=1S/C29H28N4O2/c1-5-21-9-7-11-24(17-21)33-20(4)25(26(30-29(33)34)22-14-12-18(2)13-15-22)28-31-27(32-35-28)23-10-6-8-19(3)16-23/h6-17,26H,5H2,1-4H3,(H,30,34). The lowest BCUT2D eigenvalue weighted by molar-refractivity contribution is 0.244. The summed E-state index contributed by atoms with van der Waals surface area (Å²) < 4.78 is 5.81. The van der Waals surface area contributed by atoms with Crippen molar-refractivity contribution in [1.29, 1.82) is 0 Å². The summed E-state index contributed by atoms with van der Waals surface area (Å²) in [7, 11) is 0. The summed E-state index contributed by atoms with van der Waals surface area (Å²) in [6, 6.07) is 23.5. The van der Waals surface area contributed by atoms with Crippen molar-refractivity contribution in [1.82, 2.24) is 15.5 Å². The minimum atomic E-state index is -0.417. The van der Waals surface area contributed by atoms with E-state index in [1.165, 1.54) is 0 Å². The zero-order valence-electron chi connectivity index (χ0n) is 20.4. The van der Waals surface area contributed by atoms with Crippen molar-refractivity contribution in [3.8, 4) is 11.4 Å². The molecule has 1 aliphatic heterocycles. The number of carbonyl (C=O) groups excluding carboxylic acids is 1. The number of urea groups is 1. The largest absolute Gasteiger partial charge is 0.334 e. The van der Waals surface area contributed by atoms with Gasteiger partial charge in [-0.15, -0.1) is 0 Å². The number of hydrogen-bond donors (Lipinski definition) is 1. The van der Waals surface area contributed by atoms with E-state index in [0.29, 0.717) is 11.7 Å². The molecule has 1 N–H and O–H groups in total. The molecule has 6 heteroatoms. The Kier molecular flexibility index (Phi) is 5.95. The van der Waals surface area contributed by atoms with Gasteiger partial charge in [0.2, 0.25) is 5.82 Å². The molecule has 2 amide bonds. The van der Waals surface area contributed by atoms with Gasteiger partial charge in [0.1, 0.15) is 0 Å². The number of anilines is 1. The second kappa shape index (κ2) is 9.22. The third kappa shape index (κ3) is 4.35. The molecule has 6 nitrogen and oxygen atoms in total. The molecule has 1 aromatic heterocycles. The molecular formula is C29H28N4O2. The summed E-state index contributed by atoms with van der Waals surface area (Å²) in [5, 5.41) is 7.45. The number of rotatable bonds is 5. The van der Waals surface area contributed by atoms with Gasteiger partial charge in [0.25, 0.3) is 5.89 Å². The third-order valence-electron chi connectivity index (χ3n) is 6.41. The highest BCUT2D eigenvalue weighted by Crippen LogP contribution is 2.39. The van der Waals surface area contributed by atoms with Crippen LogP contribution in [0.4, 0.5) is 10.5 Å². The van der Waals surface area contributed by atoms with Crippen LogP contribution >= 0.6 is 0 Å². The summed E-state index contributed by atoms with van der Waals surface area (Å²) in [6.45, 7) is 8.11. The Hall–Kier alpha value is -4.19. The molecule has 4 aromatic rings. The van der Waals surface area contributed by atoms with Crippen LogP contribution in [-0.2, 0) is 6.42 Å². The zero-order valence-corrected chi connectivity index (χ0v) is 20.4. The Labute approximate surface area is 205 Å². The van der Waals surface area contributed by atoms with Gasteiger partial charge in [-0.05, 0) is 56.5 Å². The molecule has 0 fully saturated rings. The average Bonchev–Trinajstić information content (AvgIpc) is 3.34. The van der Waals surface area contributed by atoms with Gasteiger partial charge in [0.15, 0.2) is 0 Å². The van der Waals surface area contributed by atoms with Gasteiger partial charge in [-0.3, -0.25) is 4.90 Å². The summed E-state index contributed by atoms with van der Waals surface area (Å²) in [5.41, 5.74) is 7.61. The summed E-state index contributed by atoms with van der Waals surface area (Å²) >= 11 is 0. The monoisotopic (exact) mass is 464 g/mol. The molecule has 2 heterocycles. The lowest BCUT2D eigenvalue weighted by Crippen LogP contribution is -2.46. The summed E-state index contributed by atoms with van der Waals surface area (Å²) in [5.74, 6) is 0.907. The van der Waals surface area contributed by atoms with Gasteiger partial charge in [-0.25, -0.2) is 4.79 Å². The van der Waals surface area contributed by atoms with Gasteiger partial charge in [0, 0.05) is 11.3 Å². The number of carbonyl (C=O) groups is 1. The Morgan fingerprint density at radius 3 is 2.46 bits per heavy atom. The summed E-state index contributed by atoms with van der Waals surface area (Å²) in [4.78, 5) is 19.9. The smallest absolute Gasteiger partial charge is 0.326 e. The average molecular weight is 465 g/mol. The quantitative estimate of drug-likeness (QED) is 0.360. The van der Waals surface area contributed by atoms with Crippen molar-refractivity contribution >= 4 is 17.3 Å². The number of nitrogens with one attached hydrogen (secondary N) is 1. The topological polar surface area (TPSA) is 71.3 Å². The molecule has 35 heavy (non-hydrogen) atoms. The highest BCUT2D eigenvalue weighted by molar-refractivity contribution is 6.01. The molecule has 0 radical (unpaired) electrons. The van der Waals surface area contributed by atoms with E-state index in [2.05, 4.69) is 23.5 Å². The number of aromatic nitrogens is 2. The zero-order chi connectivity index (χ0) is 24.5. The minimum absolute atomic E-state index is 0.191. The predicted molar refractivity (Wildman–Crippen MR) is 138 cm³/mol. The highest BCUT2D eigenvalue weighted by Gasteiger charge is 2.36. The molecule has 3 aromatic carbocycles. The first-order valence-corrected chi connectivity index (χ1v) is 11.8. The molecule has 176 valence electrons. The molecule has 0 aliphatic carbocycles. The van der Waals surface area contributed by atoms with Gasteiger partial charge >= 0.3 is 6.03 Å². The number of benzene rings is 3. The maximum absolute atomic E-state index is 13.4. The number of nitrogens with zero attached hydrogens (tertiary/aromatic N) is 3. The van der Waals surface area contributed by atoms with Crippen LogP contribution in [0, 0.1) is 13.8 Å². The van der Waals surface area contributed by atoms with Gasteiger partial charge in [0.05, 0.1) is 17.3 Å². The SMILES string of the molecule is CCc1cccc(N2C(=O)NC(c3ccc(C)cc3)C(c3nc(-c4cccc(C)c4)no3)=C2C)c1. The van der Waals surface area contributed by atoms with Crippen LogP contribution in [-0.4, -0.2) is 16.2 Å². The fourth-order valence-electron chi connectivity index (χ4n) is 4.49. The second-order valence-electron chi connectivity index (χ2n) is 8.94. The van der Waals surface area contributed by atoms with E-state index >= 15 is 0 Å². The van der Waals surface area contributed by atoms with Crippen molar-refractivity contribution in [3.63, 3.8) is 0 Å². The molecule has 0 saturated heterocycles. The van der Waals surface area contributed by atoms with E-state index in [9.17, 15) is 4.79 Å². The fourth-order valence-corrected chi connectivity index (χ4v) is 4.49. The van der Waals surface area contributed by atoms with Gasteiger partial charge in [-0.2, -0.15) is 4.98 Å². The second-order valence-corrected chi connectivity index (χ2v) is 8.94. The van der Waals surface area contributed by atoms with E-state index in [4.69, 9.17) is 9.51 Å². The molecule has 1 aliphatic rings. The summed E-state index contributed by atoms with van der Waals surface area (Å²) in [6.07, 6.45) is 0.883. The minimum Gasteiger partial charge on any atom is -0.334 e. The van der Waals surface area contributed by atoms with E-state index in [1.807, 2.05) is 87.5 Å². The number of allylic oxidation sites excluding steroid dienone is 1. The third-order valence-corrected chi connectivity index (χ3v) is 6.41. The Morgan fingerprint density at radius 1 is 0.943 bits per heavy atom. The van der Waals surface area contributed by atoms with Crippen molar-refractivity contribution < 1.29 is 9.32 Å². The molecule has 0 bridgehead atoms. The maximum Gasteiger partial charge on any atom is 0.326 e. The molecule has 5 rings (SSSR count). The number of hydrogen-bond acceptors (Lipinski definition) is 4. The highest BCUT2D eigenvalue weighted by atomic mass is 16.5. The van der Waals surface area contributed by atoms with Crippen molar-refractivity contribution in [3.05, 3.63) is 107 Å². The fraction of sp³-hybridized carbons (Fsp3) is 0.207. The van der Waals surface area contributed by atoms with Gasteiger partial charge < -0.3 is 9.84 Å². The Bertz CT molecular complexity index is 1420. The predicted octanol–water partition coefficient (Wildman–Crippen LogP) is 6.62. The number of amides is 2. The first-order chi connectivity index (χ1) is 16.9. The number of aryl methyl sites for hydroxylation is 3. The van der Waals surface area contributed by atoms with Crippen LogP contribution in [0.3, 0.4) is 0 Å². The Morgan fingerprint density at radius 2 is 1.71 bits per heavy atom. The maximum atomic E-state index is 13.4. The van der Waals surface area contributed by atoms with Crippen molar-refractivity contribution in [2.24, 2.45) is 0 Å². The van der Waals surface area contributed by atoms with Crippen LogP contribution < -0.4 is 10.2 Å². The lowest BCUT2D eigenvalue weighted by atomic mass is 9.93.